The van der Waals surface area contributed by atoms with Gasteiger partial charge in [-0.25, -0.2) is 9.31 Å². The van der Waals surface area contributed by atoms with Crippen molar-refractivity contribution in [1.82, 2.24) is 14.9 Å². The predicted octanol–water partition coefficient (Wildman–Crippen LogP) is -0.402. The largest absolute Gasteiger partial charge is 0.467 e. The Kier molecular flexibility index (Phi) is 3.76. The summed E-state index contributed by atoms with van der Waals surface area (Å²) in [6.45, 7) is -0.530. The molecule has 1 atom stereocenters. The summed E-state index contributed by atoms with van der Waals surface area (Å²) < 4.78 is 6.02. The van der Waals surface area contributed by atoms with Crippen LogP contribution in [0.25, 0.3) is 5.52 Å². The molecule has 2 heterocycles. The van der Waals surface area contributed by atoms with Gasteiger partial charge in [0.1, 0.15) is 0 Å². The lowest BCUT2D eigenvalue weighted by molar-refractivity contribution is -0.143. The average molecular weight is 263 g/mol. The molecule has 0 aliphatic rings. The van der Waals surface area contributed by atoms with E-state index in [-0.39, 0.29) is 0 Å². The number of carbonyl (C=O) groups excluding carboxylic acids is 2. The van der Waals surface area contributed by atoms with Crippen molar-refractivity contribution in [2.75, 3.05) is 13.7 Å². The molecule has 0 aromatic carbocycles. The van der Waals surface area contributed by atoms with E-state index >= 15 is 0 Å². The summed E-state index contributed by atoms with van der Waals surface area (Å²) in [6.07, 6.45) is 3.10. The van der Waals surface area contributed by atoms with Gasteiger partial charge in [0, 0.05) is 6.20 Å². The van der Waals surface area contributed by atoms with Crippen LogP contribution >= 0.6 is 0 Å². The van der Waals surface area contributed by atoms with Crippen LogP contribution < -0.4 is 5.32 Å². The Hall–Kier alpha value is -2.41. The third-order valence-electron chi connectivity index (χ3n) is 2.64. The van der Waals surface area contributed by atoms with Crippen LogP contribution in [0.1, 0.15) is 10.4 Å². The predicted molar refractivity (Wildman–Crippen MR) is 65.5 cm³/mol. The van der Waals surface area contributed by atoms with Crippen molar-refractivity contribution in [1.29, 1.82) is 0 Å². The van der Waals surface area contributed by atoms with Crippen molar-refractivity contribution in [2.24, 2.45) is 0 Å². The summed E-state index contributed by atoms with van der Waals surface area (Å²) in [7, 11) is 1.19. The number of hydrogen-bond acceptors (Lipinski definition) is 5. The molecule has 0 saturated carbocycles. The lowest BCUT2D eigenvalue weighted by Crippen LogP contribution is -2.44. The zero-order valence-electron chi connectivity index (χ0n) is 10.2. The molecule has 100 valence electrons. The number of aliphatic hydroxyl groups excluding tert-OH is 1. The van der Waals surface area contributed by atoms with Crippen LogP contribution in [0, 0.1) is 0 Å². The Bertz CT molecular complexity index is 608. The number of nitrogens with one attached hydrogen (secondary N) is 1. The smallest absolute Gasteiger partial charge is 0.330 e. The number of amides is 1. The van der Waals surface area contributed by atoms with Gasteiger partial charge in [-0.3, -0.25) is 4.79 Å². The van der Waals surface area contributed by atoms with Gasteiger partial charge in [0.15, 0.2) is 6.04 Å². The maximum absolute atomic E-state index is 12.0. The summed E-state index contributed by atoms with van der Waals surface area (Å²) in [5.41, 5.74) is 0.935. The van der Waals surface area contributed by atoms with Crippen LogP contribution in [0.15, 0.2) is 30.6 Å². The van der Waals surface area contributed by atoms with Crippen molar-refractivity contribution < 1.29 is 19.4 Å². The van der Waals surface area contributed by atoms with Crippen molar-refractivity contribution in [3.63, 3.8) is 0 Å². The average Bonchev–Trinajstić information content (AvgIpc) is 2.87. The van der Waals surface area contributed by atoms with E-state index in [1.54, 1.807) is 28.9 Å². The molecule has 7 nitrogen and oxygen atoms in total. The standard InChI is InChI=1S/C12H13N3O4/c1-19-12(18)9(7-16)14-11(17)8-6-13-15-5-3-2-4-10(8)15/h2-6,9,16H,7H2,1H3,(H,14,17). The van der Waals surface area contributed by atoms with E-state index in [1.807, 2.05) is 0 Å². The number of pyridine rings is 1. The molecule has 2 rings (SSSR count). The first-order valence-corrected chi connectivity index (χ1v) is 5.59. The van der Waals surface area contributed by atoms with Crippen LogP contribution in [0.5, 0.6) is 0 Å². The second kappa shape index (κ2) is 5.49. The SMILES string of the molecule is COC(=O)C(CO)NC(=O)c1cnn2ccccc12. The molecule has 2 aromatic heterocycles. The molecule has 2 aromatic rings. The maximum Gasteiger partial charge on any atom is 0.330 e. The molecular formula is C12H13N3O4. The van der Waals surface area contributed by atoms with Gasteiger partial charge in [0.05, 0.1) is 31.0 Å². The van der Waals surface area contributed by atoms with Crippen LogP contribution in [0.4, 0.5) is 0 Å². The quantitative estimate of drug-likeness (QED) is 0.732. The first kappa shape index (κ1) is 13.0. The minimum absolute atomic E-state index is 0.322. The van der Waals surface area contributed by atoms with E-state index in [9.17, 15) is 9.59 Å². The van der Waals surface area contributed by atoms with E-state index in [0.717, 1.165) is 0 Å². The Morgan fingerprint density at radius 1 is 1.53 bits per heavy atom. The first-order chi connectivity index (χ1) is 9.17. The topological polar surface area (TPSA) is 92.9 Å². The fraction of sp³-hybridized carbons (Fsp3) is 0.250. The molecule has 0 bridgehead atoms. The van der Waals surface area contributed by atoms with E-state index < -0.39 is 24.5 Å². The number of fused-ring (bicyclic) bond motifs is 1. The summed E-state index contributed by atoms with van der Waals surface area (Å²) in [4.78, 5) is 23.3. The molecule has 1 unspecified atom stereocenters. The minimum Gasteiger partial charge on any atom is -0.467 e. The molecule has 7 heteroatoms. The maximum atomic E-state index is 12.0. The highest BCUT2D eigenvalue weighted by Crippen LogP contribution is 2.09. The molecule has 19 heavy (non-hydrogen) atoms. The van der Waals surface area contributed by atoms with Gasteiger partial charge in [-0.1, -0.05) is 6.07 Å². The Labute approximate surface area is 108 Å². The number of carbonyl (C=O) groups is 2. The fourth-order valence-corrected chi connectivity index (χ4v) is 1.67. The molecule has 0 aliphatic heterocycles. The number of rotatable bonds is 4. The summed E-state index contributed by atoms with van der Waals surface area (Å²) in [6, 6.07) is 4.20. The van der Waals surface area contributed by atoms with Crippen LogP contribution in [-0.4, -0.2) is 46.4 Å². The number of ether oxygens (including phenoxy) is 1. The van der Waals surface area contributed by atoms with E-state index in [1.165, 1.54) is 13.3 Å². The monoisotopic (exact) mass is 263 g/mol. The lowest BCUT2D eigenvalue weighted by Gasteiger charge is -2.13. The molecule has 1 amide bonds. The first-order valence-electron chi connectivity index (χ1n) is 5.59. The summed E-state index contributed by atoms with van der Waals surface area (Å²) >= 11 is 0. The molecule has 0 spiro atoms. The second-order valence-corrected chi connectivity index (χ2v) is 3.82. The zero-order chi connectivity index (χ0) is 13.8. The fourth-order valence-electron chi connectivity index (χ4n) is 1.67. The van der Waals surface area contributed by atoms with Gasteiger partial charge in [-0.2, -0.15) is 5.10 Å². The van der Waals surface area contributed by atoms with Gasteiger partial charge < -0.3 is 15.2 Å². The molecule has 0 radical (unpaired) electrons. The van der Waals surface area contributed by atoms with Gasteiger partial charge in [-0.15, -0.1) is 0 Å². The van der Waals surface area contributed by atoms with Crippen LogP contribution in [0.2, 0.25) is 0 Å². The van der Waals surface area contributed by atoms with E-state index in [4.69, 9.17) is 5.11 Å². The van der Waals surface area contributed by atoms with Crippen molar-refractivity contribution in [3.05, 3.63) is 36.2 Å². The third-order valence-corrected chi connectivity index (χ3v) is 2.64. The van der Waals surface area contributed by atoms with Crippen LogP contribution in [-0.2, 0) is 9.53 Å². The van der Waals surface area contributed by atoms with Crippen molar-refractivity contribution >= 4 is 17.4 Å². The molecule has 0 aliphatic carbocycles. The van der Waals surface area contributed by atoms with Gasteiger partial charge >= 0.3 is 5.97 Å². The minimum atomic E-state index is -1.09. The number of hydrogen-bond donors (Lipinski definition) is 2. The summed E-state index contributed by atoms with van der Waals surface area (Å²) in [5, 5.41) is 15.5. The highest BCUT2D eigenvalue weighted by molar-refractivity contribution is 6.02. The normalized spacial score (nSPS) is 12.1. The van der Waals surface area contributed by atoms with Gasteiger partial charge in [0.2, 0.25) is 0 Å². The number of methoxy groups -OCH3 is 1. The lowest BCUT2D eigenvalue weighted by atomic mass is 10.2. The zero-order valence-corrected chi connectivity index (χ0v) is 10.2. The highest BCUT2D eigenvalue weighted by atomic mass is 16.5. The third kappa shape index (κ3) is 2.55. The van der Waals surface area contributed by atoms with Gasteiger partial charge in [0.25, 0.3) is 5.91 Å². The highest BCUT2D eigenvalue weighted by Gasteiger charge is 2.22. The Morgan fingerprint density at radius 2 is 2.32 bits per heavy atom. The van der Waals surface area contributed by atoms with Crippen LogP contribution in [0.3, 0.4) is 0 Å². The summed E-state index contributed by atoms with van der Waals surface area (Å²) in [5.74, 6) is -1.20. The molecular weight excluding hydrogens is 250 g/mol. The van der Waals surface area contributed by atoms with Crippen molar-refractivity contribution in [3.8, 4) is 0 Å². The second-order valence-electron chi connectivity index (χ2n) is 3.82. The number of aliphatic hydroxyl groups is 1. The number of nitrogens with zero attached hydrogens (tertiary/aromatic N) is 2. The Balaban J connectivity index is 2.22. The molecule has 0 fully saturated rings. The van der Waals surface area contributed by atoms with E-state index in [2.05, 4.69) is 15.2 Å². The number of aromatic nitrogens is 2. The van der Waals surface area contributed by atoms with E-state index in [0.29, 0.717) is 11.1 Å². The van der Waals surface area contributed by atoms with Crippen molar-refractivity contribution in [2.45, 2.75) is 6.04 Å². The molecule has 0 saturated heterocycles. The molecule has 2 N–H and O–H groups in total. The number of esters is 1. The Morgan fingerprint density at radius 3 is 3.00 bits per heavy atom. The van der Waals surface area contributed by atoms with Gasteiger partial charge in [-0.05, 0) is 12.1 Å².